The Hall–Kier alpha value is -3.47. The Kier molecular flexibility index (Phi) is 13.2. The third kappa shape index (κ3) is 8.62. The van der Waals surface area contributed by atoms with E-state index in [4.69, 9.17) is 6.42 Å². The second-order valence-corrected chi connectivity index (χ2v) is 13.7. The van der Waals surface area contributed by atoms with Crippen molar-refractivity contribution < 1.29 is 5.11 Å². The van der Waals surface area contributed by atoms with Crippen LogP contribution < -0.4 is 0 Å². The van der Waals surface area contributed by atoms with Crippen LogP contribution in [-0.4, -0.2) is 5.11 Å². The van der Waals surface area contributed by atoms with Gasteiger partial charge in [0.15, 0.2) is 0 Å². The minimum atomic E-state index is 0.346. The normalized spacial score (nSPS) is 10.1. The number of hydrogen-bond acceptors (Lipinski definition) is 1. The molecule has 2 heteroatoms. The van der Waals surface area contributed by atoms with Gasteiger partial charge in [-0.15, -0.1) is 6.42 Å². The number of rotatable bonds is 0. The summed E-state index contributed by atoms with van der Waals surface area (Å²) in [6, 6.07) is 8.40. The molecule has 0 saturated carbocycles. The average molecular weight is 711 g/mol. The van der Waals surface area contributed by atoms with Crippen LogP contribution in [0.5, 0.6) is 5.75 Å². The van der Waals surface area contributed by atoms with Gasteiger partial charge < -0.3 is 5.11 Å². The Bertz CT molecular complexity index is 1770. The number of aromatic hydroxyl groups is 1. The Morgan fingerprint density at radius 3 is 1.20 bits per heavy atom. The maximum atomic E-state index is 9.90. The van der Waals surface area contributed by atoms with E-state index in [9.17, 15) is 5.11 Å². The fourth-order valence-electron chi connectivity index (χ4n) is 5.61. The van der Waals surface area contributed by atoms with Gasteiger partial charge in [-0.2, -0.15) is 0 Å². The van der Waals surface area contributed by atoms with E-state index < -0.39 is 0 Å². The lowest BCUT2D eigenvalue weighted by molar-refractivity contribution is 0.470. The summed E-state index contributed by atoms with van der Waals surface area (Å²) in [7, 11) is 0. The van der Waals surface area contributed by atoms with Crippen LogP contribution in [-0.2, 0) is 0 Å². The highest BCUT2D eigenvalue weighted by atomic mass is 127. The van der Waals surface area contributed by atoms with E-state index in [-0.39, 0.29) is 0 Å². The first kappa shape index (κ1) is 37.7. The molecule has 1 N–H and O–H groups in total. The molecular weight excluding hydrogens is 659 g/mol. The molecule has 0 atom stereocenters. The van der Waals surface area contributed by atoms with Crippen LogP contribution in [0.15, 0.2) is 24.3 Å². The summed E-state index contributed by atoms with van der Waals surface area (Å²) >= 11 is 2.41. The van der Waals surface area contributed by atoms with Gasteiger partial charge in [0.2, 0.25) is 0 Å². The summed E-state index contributed by atoms with van der Waals surface area (Å²) in [6.07, 6.45) is 5.42. The first-order chi connectivity index (χ1) is 20.8. The molecule has 4 aromatic rings. The van der Waals surface area contributed by atoms with Crippen molar-refractivity contribution in [2.45, 2.75) is 104 Å². The number of phenolic OH excluding ortho intramolecular Hbond substituents is 1. The molecule has 0 amide bonds. The molecule has 1 nitrogen and oxygen atoms in total. The van der Waals surface area contributed by atoms with Crippen LogP contribution >= 0.6 is 22.6 Å². The van der Waals surface area contributed by atoms with Crippen molar-refractivity contribution in [1.82, 2.24) is 0 Å². The second kappa shape index (κ2) is 15.7. The minimum absolute atomic E-state index is 0.346. The zero-order valence-corrected chi connectivity index (χ0v) is 32.4. The maximum absolute atomic E-state index is 9.90. The smallest absolute Gasteiger partial charge is 0.119 e. The Balaban J connectivity index is 0.000000259. The number of phenols is 1. The van der Waals surface area contributed by atoms with Crippen molar-refractivity contribution in [2.75, 3.05) is 0 Å². The lowest BCUT2D eigenvalue weighted by Crippen LogP contribution is -1.96. The molecule has 0 aliphatic heterocycles. The SMILES string of the molecule is C#Cc1c(C)cc(C)c(C)c1C.Cc1cc(C)c(C#Cc2c(C)cc(O)c(C)c2C)c(C)c1C.Cc1cc(C)c(I)c(C)c1C. The zero-order valence-electron chi connectivity index (χ0n) is 30.2. The van der Waals surface area contributed by atoms with Crippen molar-refractivity contribution in [3.8, 4) is 29.9 Å². The van der Waals surface area contributed by atoms with E-state index in [0.29, 0.717) is 5.75 Å². The monoisotopic (exact) mass is 710 g/mol. The second-order valence-electron chi connectivity index (χ2n) is 12.6. The molecular formula is C43H51IO. The summed E-state index contributed by atoms with van der Waals surface area (Å²) in [5.74, 6) is 9.77. The number of halogens is 1. The molecule has 0 fully saturated rings. The van der Waals surface area contributed by atoms with Crippen molar-refractivity contribution in [3.63, 3.8) is 0 Å². The first-order valence-corrected chi connectivity index (χ1v) is 16.6. The predicted octanol–water partition coefficient (Wildman–Crippen LogP) is 11.4. The van der Waals surface area contributed by atoms with Crippen LogP contribution in [0.4, 0.5) is 0 Å². The quantitative estimate of drug-likeness (QED) is 0.142. The van der Waals surface area contributed by atoms with Crippen LogP contribution in [0, 0.1) is 132 Å². The number of terminal acetylenes is 1. The van der Waals surface area contributed by atoms with Crippen molar-refractivity contribution in [1.29, 1.82) is 0 Å². The molecule has 0 aromatic heterocycles. The fourth-order valence-corrected chi connectivity index (χ4v) is 6.17. The number of hydrogen-bond donors (Lipinski definition) is 1. The molecule has 0 aliphatic carbocycles. The molecule has 0 heterocycles. The molecule has 0 unspecified atom stereocenters. The van der Waals surface area contributed by atoms with Gasteiger partial charge in [-0.3, -0.25) is 0 Å². The number of benzene rings is 4. The molecule has 0 saturated heterocycles. The van der Waals surface area contributed by atoms with Crippen molar-refractivity contribution >= 4 is 22.6 Å². The van der Waals surface area contributed by atoms with E-state index in [2.05, 4.69) is 142 Å². The van der Waals surface area contributed by atoms with Gasteiger partial charge in [-0.05, 0) is 216 Å². The van der Waals surface area contributed by atoms with Gasteiger partial charge in [0.05, 0.1) is 0 Å². The van der Waals surface area contributed by atoms with Crippen LogP contribution in [0.1, 0.15) is 100 Å². The lowest BCUT2D eigenvalue weighted by Gasteiger charge is -2.11. The Labute approximate surface area is 288 Å². The highest BCUT2D eigenvalue weighted by molar-refractivity contribution is 14.1. The highest BCUT2D eigenvalue weighted by Crippen LogP contribution is 2.27. The van der Waals surface area contributed by atoms with Gasteiger partial charge in [0.1, 0.15) is 5.75 Å². The van der Waals surface area contributed by atoms with Crippen LogP contribution in [0.25, 0.3) is 0 Å². The molecule has 4 rings (SSSR count). The Morgan fingerprint density at radius 1 is 0.422 bits per heavy atom. The van der Waals surface area contributed by atoms with Gasteiger partial charge in [0, 0.05) is 20.3 Å². The van der Waals surface area contributed by atoms with Gasteiger partial charge in [-0.1, -0.05) is 36.0 Å². The zero-order chi connectivity index (χ0) is 34.5. The lowest BCUT2D eigenvalue weighted by atomic mass is 9.93. The van der Waals surface area contributed by atoms with E-state index >= 15 is 0 Å². The largest absolute Gasteiger partial charge is 0.508 e. The molecule has 45 heavy (non-hydrogen) atoms. The maximum Gasteiger partial charge on any atom is 0.119 e. The van der Waals surface area contributed by atoms with E-state index in [0.717, 1.165) is 33.4 Å². The standard InChI is InChI=1S/C21H24O.C12H14.C10H13I/c1-12-10-13(2)19(16(5)15(12)4)8-9-20-14(3)11-21(22)18(7)17(20)6;1-6-12-9(3)7-8(2)10(4)11(12)5;1-6-5-7(2)10(11)9(4)8(6)3/h10-11,22H,1-7H3;1,7H,2-5H3;5H,1-4H3. The minimum Gasteiger partial charge on any atom is -0.508 e. The summed E-state index contributed by atoms with van der Waals surface area (Å²) in [4.78, 5) is 0. The summed E-state index contributed by atoms with van der Waals surface area (Å²) < 4.78 is 1.41. The van der Waals surface area contributed by atoms with Crippen LogP contribution in [0.2, 0.25) is 0 Å². The molecule has 4 aromatic carbocycles. The summed E-state index contributed by atoms with van der Waals surface area (Å²) in [5.41, 5.74) is 22.0. The third-order valence-corrected chi connectivity index (χ3v) is 11.2. The van der Waals surface area contributed by atoms with Crippen molar-refractivity contribution in [3.05, 3.63) is 128 Å². The predicted molar refractivity (Wildman–Crippen MR) is 205 cm³/mol. The molecule has 0 bridgehead atoms. The third-order valence-electron chi connectivity index (χ3n) is 9.50. The topological polar surface area (TPSA) is 20.2 Å². The molecule has 0 radical (unpaired) electrons. The number of aryl methyl sites for hydroxylation is 7. The van der Waals surface area contributed by atoms with E-state index in [1.165, 1.54) is 70.3 Å². The van der Waals surface area contributed by atoms with E-state index in [1.54, 1.807) is 6.07 Å². The molecule has 0 spiro atoms. The van der Waals surface area contributed by atoms with Crippen molar-refractivity contribution in [2.24, 2.45) is 0 Å². The highest BCUT2D eigenvalue weighted by Gasteiger charge is 2.10. The van der Waals surface area contributed by atoms with Gasteiger partial charge in [-0.25, -0.2) is 0 Å². The van der Waals surface area contributed by atoms with Crippen LogP contribution in [0.3, 0.4) is 0 Å². The molecule has 0 aliphatic rings. The van der Waals surface area contributed by atoms with E-state index in [1.807, 2.05) is 20.8 Å². The summed E-state index contributed by atoms with van der Waals surface area (Å²) in [6.45, 7) is 31.6. The fraction of sp³-hybridized carbons (Fsp3) is 0.349. The Morgan fingerprint density at radius 2 is 0.756 bits per heavy atom. The first-order valence-electron chi connectivity index (χ1n) is 15.5. The average Bonchev–Trinajstić information content (AvgIpc) is 2.98. The molecule has 236 valence electrons. The van der Waals surface area contributed by atoms with Gasteiger partial charge >= 0.3 is 0 Å². The van der Waals surface area contributed by atoms with Gasteiger partial charge in [0.25, 0.3) is 0 Å². The summed E-state index contributed by atoms with van der Waals surface area (Å²) in [5, 5.41) is 9.90.